The fraction of sp³-hybridized carbons (Fsp3) is 0.778. The van der Waals surface area contributed by atoms with Crippen LogP contribution in [-0.4, -0.2) is 16.1 Å². The van der Waals surface area contributed by atoms with Crippen LogP contribution >= 0.6 is 0 Å². The molecular formula is C9H20Si2. The Labute approximate surface area is 73.4 Å². The minimum atomic E-state index is -1.01. The predicted molar refractivity (Wildman–Crippen MR) is 59.3 cm³/mol. The molecule has 0 aliphatic heterocycles. The molecule has 0 amide bonds. The Hall–Kier alpha value is -0.00623. The molecule has 0 radical (unpaired) electrons. The van der Waals surface area contributed by atoms with Crippen LogP contribution in [0, 0.1) is 12.3 Å². The molecule has 2 heteroatoms. The van der Waals surface area contributed by atoms with Crippen LogP contribution in [0.15, 0.2) is 0 Å². The van der Waals surface area contributed by atoms with Crippen molar-refractivity contribution in [2.75, 3.05) is 0 Å². The number of hydrogen-bond acceptors (Lipinski definition) is 0. The average molecular weight is 184 g/mol. The van der Waals surface area contributed by atoms with E-state index in [0.29, 0.717) is 0 Å². The van der Waals surface area contributed by atoms with Crippen molar-refractivity contribution in [3.63, 3.8) is 0 Å². The summed E-state index contributed by atoms with van der Waals surface area (Å²) in [7, 11) is -1.88. The van der Waals surface area contributed by atoms with Crippen LogP contribution in [0.25, 0.3) is 0 Å². The maximum atomic E-state index is 5.33. The number of terminal acetylenes is 1. The zero-order valence-corrected chi connectivity index (χ0v) is 10.5. The topological polar surface area (TPSA) is 0 Å². The molecule has 0 bridgehead atoms. The second kappa shape index (κ2) is 3.60. The second-order valence-electron chi connectivity index (χ2n) is 5.28. The largest absolute Gasteiger partial charge is 0.120 e. The minimum Gasteiger partial charge on any atom is -0.120 e. The van der Waals surface area contributed by atoms with Gasteiger partial charge in [0, 0.05) is 14.1 Å². The van der Waals surface area contributed by atoms with E-state index in [1.165, 1.54) is 5.67 Å². The van der Waals surface area contributed by atoms with Gasteiger partial charge in [-0.15, -0.1) is 12.3 Å². The van der Waals surface area contributed by atoms with Crippen LogP contribution in [0.4, 0.5) is 0 Å². The fourth-order valence-electron chi connectivity index (χ4n) is 1.77. The van der Waals surface area contributed by atoms with Gasteiger partial charge in [0.1, 0.15) is 0 Å². The van der Waals surface area contributed by atoms with Crippen LogP contribution in [0.1, 0.15) is 0 Å². The maximum Gasteiger partial charge on any atom is 0.0578 e. The van der Waals surface area contributed by atoms with Crippen molar-refractivity contribution in [2.45, 2.75) is 44.4 Å². The lowest BCUT2D eigenvalue weighted by Gasteiger charge is -2.27. The molecule has 0 unspecified atom stereocenters. The highest BCUT2D eigenvalue weighted by atomic mass is 28.4. The SMILES string of the molecule is C#CC[Si](C)(C)C[Si](C)(C)C. The lowest BCUT2D eigenvalue weighted by molar-refractivity contribution is 1.46. The smallest absolute Gasteiger partial charge is 0.0578 e. The Morgan fingerprint density at radius 3 is 1.82 bits per heavy atom. The van der Waals surface area contributed by atoms with Crippen LogP contribution in [0.2, 0.25) is 44.4 Å². The van der Waals surface area contributed by atoms with Crippen LogP contribution in [-0.2, 0) is 0 Å². The van der Waals surface area contributed by atoms with Gasteiger partial charge in [0.25, 0.3) is 0 Å². The zero-order chi connectivity index (χ0) is 9.12. The van der Waals surface area contributed by atoms with Gasteiger partial charge >= 0.3 is 0 Å². The maximum absolute atomic E-state index is 5.33. The monoisotopic (exact) mass is 184 g/mol. The average Bonchev–Trinajstić information content (AvgIpc) is 1.55. The molecule has 64 valence electrons. The summed E-state index contributed by atoms with van der Waals surface area (Å²) in [4.78, 5) is 0. The van der Waals surface area contributed by atoms with Gasteiger partial charge in [-0.25, -0.2) is 0 Å². The quantitative estimate of drug-likeness (QED) is 0.467. The first kappa shape index (κ1) is 11.0. The molecule has 0 nitrogen and oxygen atoms in total. The van der Waals surface area contributed by atoms with Crippen molar-refractivity contribution in [1.82, 2.24) is 0 Å². The highest BCUT2D eigenvalue weighted by Crippen LogP contribution is 2.22. The van der Waals surface area contributed by atoms with Gasteiger partial charge in [-0.05, 0) is 0 Å². The van der Waals surface area contributed by atoms with Crippen LogP contribution < -0.4 is 0 Å². The third-order valence-corrected chi connectivity index (χ3v) is 10.8. The highest BCUT2D eigenvalue weighted by Gasteiger charge is 2.27. The summed E-state index contributed by atoms with van der Waals surface area (Å²) >= 11 is 0. The van der Waals surface area contributed by atoms with Crippen molar-refractivity contribution >= 4 is 16.1 Å². The molecule has 11 heavy (non-hydrogen) atoms. The third-order valence-electron chi connectivity index (χ3n) is 1.59. The molecule has 0 spiro atoms. The Bertz CT molecular complexity index is 157. The van der Waals surface area contributed by atoms with Crippen molar-refractivity contribution in [3.8, 4) is 12.3 Å². The Balaban J connectivity index is 4.04. The van der Waals surface area contributed by atoms with Gasteiger partial charge < -0.3 is 0 Å². The molecule has 0 N–H and O–H groups in total. The summed E-state index contributed by atoms with van der Waals surface area (Å²) in [5, 5.41) is 0. The number of rotatable bonds is 3. The third kappa shape index (κ3) is 6.39. The van der Waals surface area contributed by atoms with E-state index in [0.717, 1.165) is 6.04 Å². The van der Waals surface area contributed by atoms with E-state index in [1.54, 1.807) is 0 Å². The zero-order valence-electron chi connectivity index (χ0n) is 8.49. The molecule has 0 fully saturated rings. The molecule has 0 aromatic heterocycles. The summed E-state index contributed by atoms with van der Waals surface area (Å²) in [6.07, 6.45) is 5.33. The standard InChI is InChI=1S/C9H20Si2/c1-7-8-11(5,6)9-10(2,3)4/h1H,8-9H2,2-6H3. The molecule has 0 saturated carbocycles. The van der Waals surface area contributed by atoms with Gasteiger partial charge in [0.05, 0.1) is 8.07 Å². The van der Waals surface area contributed by atoms with Crippen molar-refractivity contribution in [2.24, 2.45) is 0 Å². The van der Waals surface area contributed by atoms with E-state index in [9.17, 15) is 0 Å². The first-order valence-electron chi connectivity index (χ1n) is 4.20. The summed E-state index contributed by atoms with van der Waals surface area (Å²) in [6.45, 7) is 12.1. The molecule has 0 aromatic carbocycles. The molecule has 0 aromatic rings. The summed E-state index contributed by atoms with van der Waals surface area (Å²) < 4.78 is 0. The van der Waals surface area contributed by atoms with Crippen molar-refractivity contribution in [1.29, 1.82) is 0 Å². The second-order valence-corrected chi connectivity index (χ2v) is 16.5. The molecule has 0 atom stereocenters. The first-order chi connectivity index (χ1) is 4.77. The lowest BCUT2D eigenvalue weighted by Crippen LogP contribution is -2.36. The van der Waals surface area contributed by atoms with Crippen LogP contribution in [0.5, 0.6) is 0 Å². The van der Waals surface area contributed by atoms with E-state index >= 15 is 0 Å². The van der Waals surface area contributed by atoms with Gasteiger partial charge in [0.2, 0.25) is 0 Å². The van der Waals surface area contributed by atoms with Crippen LogP contribution in [0.3, 0.4) is 0 Å². The summed E-state index contributed by atoms with van der Waals surface area (Å²) in [5.41, 5.74) is 1.46. The van der Waals surface area contributed by atoms with Gasteiger partial charge in [-0.3, -0.25) is 0 Å². The molecule has 0 heterocycles. The summed E-state index contributed by atoms with van der Waals surface area (Å²) in [6, 6.07) is 1.05. The molecule has 0 saturated heterocycles. The molecule has 0 aliphatic carbocycles. The van der Waals surface area contributed by atoms with E-state index < -0.39 is 16.1 Å². The molecule has 0 rings (SSSR count). The lowest BCUT2D eigenvalue weighted by atomic mass is 10.8. The normalized spacial score (nSPS) is 12.7. The Kier molecular flexibility index (Phi) is 3.59. The van der Waals surface area contributed by atoms with Gasteiger partial charge in [-0.2, -0.15) is 0 Å². The van der Waals surface area contributed by atoms with E-state index in [2.05, 4.69) is 38.7 Å². The minimum absolute atomic E-state index is 0.864. The fourth-order valence-corrected chi connectivity index (χ4v) is 14.3. The van der Waals surface area contributed by atoms with Gasteiger partial charge in [-0.1, -0.05) is 38.4 Å². The summed E-state index contributed by atoms with van der Waals surface area (Å²) in [5.74, 6) is 2.81. The molecular weight excluding hydrogens is 164 g/mol. The Morgan fingerprint density at radius 1 is 1.09 bits per heavy atom. The number of hydrogen-bond donors (Lipinski definition) is 0. The first-order valence-corrected chi connectivity index (χ1v) is 11.3. The van der Waals surface area contributed by atoms with E-state index in [-0.39, 0.29) is 0 Å². The van der Waals surface area contributed by atoms with Crippen molar-refractivity contribution < 1.29 is 0 Å². The van der Waals surface area contributed by atoms with Gasteiger partial charge in [0.15, 0.2) is 0 Å². The highest BCUT2D eigenvalue weighted by molar-refractivity contribution is 6.94. The van der Waals surface area contributed by atoms with E-state index in [4.69, 9.17) is 6.42 Å². The Morgan fingerprint density at radius 2 is 1.55 bits per heavy atom. The van der Waals surface area contributed by atoms with E-state index in [1.807, 2.05) is 0 Å². The molecule has 0 aliphatic rings. The van der Waals surface area contributed by atoms with Crippen molar-refractivity contribution in [3.05, 3.63) is 0 Å². The predicted octanol–water partition coefficient (Wildman–Crippen LogP) is 3.21.